The van der Waals surface area contributed by atoms with Crippen LogP contribution in [0.5, 0.6) is 0 Å². The van der Waals surface area contributed by atoms with Crippen LogP contribution < -0.4 is 16.0 Å². The SMILES string of the molecule is CC(NC(=O)CCC1CCCN1)C(=O)NC(C)(C)C. The van der Waals surface area contributed by atoms with E-state index in [1.54, 1.807) is 6.92 Å². The van der Waals surface area contributed by atoms with E-state index < -0.39 is 6.04 Å². The van der Waals surface area contributed by atoms with E-state index >= 15 is 0 Å². The van der Waals surface area contributed by atoms with Crippen molar-refractivity contribution in [2.24, 2.45) is 0 Å². The molecule has 1 aliphatic heterocycles. The summed E-state index contributed by atoms with van der Waals surface area (Å²) in [7, 11) is 0. The highest BCUT2D eigenvalue weighted by Gasteiger charge is 2.21. The van der Waals surface area contributed by atoms with Crippen LogP contribution in [0.4, 0.5) is 0 Å². The van der Waals surface area contributed by atoms with Crippen molar-refractivity contribution in [3.63, 3.8) is 0 Å². The minimum absolute atomic E-state index is 0.0507. The first-order valence-corrected chi connectivity index (χ1v) is 7.13. The van der Waals surface area contributed by atoms with E-state index in [-0.39, 0.29) is 17.4 Å². The van der Waals surface area contributed by atoms with Crippen molar-refractivity contribution < 1.29 is 9.59 Å². The van der Waals surface area contributed by atoms with Crippen LogP contribution in [0.15, 0.2) is 0 Å². The highest BCUT2D eigenvalue weighted by Crippen LogP contribution is 2.10. The Balaban J connectivity index is 2.24. The van der Waals surface area contributed by atoms with Crippen molar-refractivity contribution in [3.8, 4) is 0 Å². The molecule has 0 aliphatic carbocycles. The van der Waals surface area contributed by atoms with Crippen molar-refractivity contribution in [1.82, 2.24) is 16.0 Å². The lowest BCUT2D eigenvalue weighted by atomic mass is 10.1. The molecule has 0 radical (unpaired) electrons. The van der Waals surface area contributed by atoms with Gasteiger partial charge in [0.25, 0.3) is 0 Å². The zero-order valence-corrected chi connectivity index (χ0v) is 12.5. The van der Waals surface area contributed by atoms with Crippen LogP contribution in [0.2, 0.25) is 0 Å². The van der Waals surface area contributed by atoms with Gasteiger partial charge in [-0.1, -0.05) is 0 Å². The zero-order chi connectivity index (χ0) is 14.5. The Morgan fingerprint density at radius 1 is 1.37 bits per heavy atom. The van der Waals surface area contributed by atoms with Gasteiger partial charge in [-0.05, 0) is 53.5 Å². The maximum atomic E-state index is 11.8. The molecular weight excluding hydrogens is 242 g/mol. The highest BCUT2D eigenvalue weighted by atomic mass is 16.2. The van der Waals surface area contributed by atoms with Crippen molar-refractivity contribution in [3.05, 3.63) is 0 Å². The quantitative estimate of drug-likeness (QED) is 0.695. The Hall–Kier alpha value is -1.10. The molecule has 19 heavy (non-hydrogen) atoms. The van der Waals surface area contributed by atoms with Crippen LogP contribution in [0.25, 0.3) is 0 Å². The van der Waals surface area contributed by atoms with Crippen LogP contribution >= 0.6 is 0 Å². The van der Waals surface area contributed by atoms with Gasteiger partial charge >= 0.3 is 0 Å². The fourth-order valence-electron chi connectivity index (χ4n) is 2.17. The lowest BCUT2D eigenvalue weighted by molar-refractivity contribution is -0.129. The van der Waals surface area contributed by atoms with Gasteiger partial charge in [-0.25, -0.2) is 0 Å². The van der Waals surface area contributed by atoms with Gasteiger partial charge in [0.05, 0.1) is 0 Å². The smallest absolute Gasteiger partial charge is 0.242 e. The fraction of sp³-hybridized carbons (Fsp3) is 0.857. The Bertz CT molecular complexity index is 317. The minimum atomic E-state index is -0.483. The summed E-state index contributed by atoms with van der Waals surface area (Å²) in [5, 5.41) is 8.96. The maximum absolute atomic E-state index is 11.8. The van der Waals surface area contributed by atoms with Gasteiger partial charge in [-0.15, -0.1) is 0 Å². The molecule has 1 aliphatic rings. The molecule has 0 saturated carbocycles. The number of hydrogen-bond acceptors (Lipinski definition) is 3. The molecule has 2 unspecified atom stereocenters. The standard InChI is InChI=1S/C14H27N3O2/c1-10(13(19)17-14(2,3)4)16-12(18)8-7-11-6-5-9-15-11/h10-11,15H,5-9H2,1-4H3,(H,16,18)(H,17,19). The summed E-state index contributed by atoms with van der Waals surface area (Å²) in [4.78, 5) is 23.6. The van der Waals surface area contributed by atoms with E-state index in [1.807, 2.05) is 20.8 Å². The largest absolute Gasteiger partial charge is 0.350 e. The van der Waals surface area contributed by atoms with Crippen molar-refractivity contribution in [2.45, 2.75) is 71.0 Å². The summed E-state index contributed by atoms with van der Waals surface area (Å²) < 4.78 is 0. The molecule has 110 valence electrons. The lowest BCUT2D eigenvalue weighted by Gasteiger charge is -2.23. The lowest BCUT2D eigenvalue weighted by Crippen LogP contribution is -2.50. The molecule has 0 aromatic rings. The van der Waals surface area contributed by atoms with E-state index in [1.165, 1.54) is 6.42 Å². The van der Waals surface area contributed by atoms with E-state index in [0.29, 0.717) is 12.5 Å². The van der Waals surface area contributed by atoms with Gasteiger partial charge in [0, 0.05) is 18.0 Å². The van der Waals surface area contributed by atoms with Crippen molar-refractivity contribution in [2.75, 3.05) is 6.54 Å². The predicted octanol–water partition coefficient (Wildman–Crippen LogP) is 0.938. The van der Waals surface area contributed by atoms with Gasteiger partial charge in [0.1, 0.15) is 6.04 Å². The van der Waals surface area contributed by atoms with Crippen LogP contribution in [0, 0.1) is 0 Å². The van der Waals surface area contributed by atoms with E-state index in [4.69, 9.17) is 0 Å². The monoisotopic (exact) mass is 269 g/mol. The number of carbonyl (C=O) groups excluding carboxylic acids is 2. The number of rotatable bonds is 5. The fourth-order valence-corrected chi connectivity index (χ4v) is 2.17. The number of carbonyl (C=O) groups is 2. The third-order valence-electron chi connectivity index (χ3n) is 3.15. The summed E-state index contributed by atoms with van der Waals surface area (Å²) in [6.07, 6.45) is 3.66. The van der Waals surface area contributed by atoms with Crippen LogP contribution in [0.1, 0.15) is 53.4 Å². The topological polar surface area (TPSA) is 70.2 Å². The molecule has 2 amide bonds. The molecule has 0 aromatic heterocycles. The molecule has 2 atom stereocenters. The molecule has 1 saturated heterocycles. The Labute approximate surface area is 115 Å². The van der Waals surface area contributed by atoms with Gasteiger partial charge in [-0.2, -0.15) is 0 Å². The summed E-state index contributed by atoms with van der Waals surface area (Å²) >= 11 is 0. The van der Waals surface area contributed by atoms with Crippen molar-refractivity contribution >= 4 is 11.8 Å². The van der Waals surface area contributed by atoms with Crippen LogP contribution in [-0.2, 0) is 9.59 Å². The summed E-state index contributed by atoms with van der Waals surface area (Å²) in [5.41, 5.74) is -0.274. The zero-order valence-electron chi connectivity index (χ0n) is 12.5. The second-order valence-corrected chi connectivity index (χ2v) is 6.36. The molecule has 1 rings (SSSR count). The third-order valence-corrected chi connectivity index (χ3v) is 3.15. The Morgan fingerprint density at radius 2 is 2.05 bits per heavy atom. The van der Waals surface area contributed by atoms with Crippen LogP contribution in [0.3, 0.4) is 0 Å². The number of hydrogen-bond donors (Lipinski definition) is 3. The Kier molecular flexibility index (Phi) is 5.79. The summed E-state index contributed by atoms with van der Waals surface area (Å²) in [6, 6.07) is -0.0206. The molecule has 5 heteroatoms. The Morgan fingerprint density at radius 3 is 2.58 bits per heavy atom. The third kappa shape index (κ3) is 6.57. The molecular formula is C14H27N3O2. The van der Waals surface area contributed by atoms with Gasteiger partial charge in [-0.3, -0.25) is 9.59 Å². The minimum Gasteiger partial charge on any atom is -0.350 e. The van der Waals surface area contributed by atoms with Crippen LogP contribution in [-0.4, -0.2) is 36.0 Å². The molecule has 3 N–H and O–H groups in total. The molecule has 0 aromatic carbocycles. The van der Waals surface area contributed by atoms with E-state index in [2.05, 4.69) is 16.0 Å². The second kappa shape index (κ2) is 6.89. The average molecular weight is 269 g/mol. The predicted molar refractivity (Wildman–Crippen MR) is 75.8 cm³/mol. The molecule has 1 fully saturated rings. The van der Waals surface area contributed by atoms with Gasteiger partial charge in [0.15, 0.2) is 0 Å². The van der Waals surface area contributed by atoms with Crippen molar-refractivity contribution in [1.29, 1.82) is 0 Å². The normalized spacial score (nSPS) is 20.9. The number of amides is 2. The summed E-state index contributed by atoms with van der Waals surface area (Å²) in [6.45, 7) is 8.53. The summed E-state index contributed by atoms with van der Waals surface area (Å²) in [5.74, 6) is -0.190. The molecule has 5 nitrogen and oxygen atoms in total. The number of nitrogens with one attached hydrogen (secondary N) is 3. The van der Waals surface area contributed by atoms with Gasteiger partial charge in [0.2, 0.25) is 11.8 Å². The highest BCUT2D eigenvalue weighted by molar-refractivity contribution is 5.87. The average Bonchev–Trinajstić information content (AvgIpc) is 2.76. The first-order chi connectivity index (χ1) is 8.78. The maximum Gasteiger partial charge on any atom is 0.242 e. The van der Waals surface area contributed by atoms with E-state index in [0.717, 1.165) is 19.4 Å². The van der Waals surface area contributed by atoms with E-state index in [9.17, 15) is 9.59 Å². The first-order valence-electron chi connectivity index (χ1n) is 7.13. The van der Waals surface area contributed by atoms with Gasteiger partial charge < -0.3 is 16.0 Å². The first kappa shape index (κ1) is 16.0. The molecule has 0 bridgehead atoms. The molecule has 1 heterocycles. The second-order valence-electron chi connectivity index (χ2n) is 6.36. The molecule has 0 spiro atoms.